The fraction of sp³-hybridized carbons (Fsp3) is 0.667. The van der Waals surface area contributed by atoms with Gasteiger partial charge < -0.3 is 9.88 Å². The highest BCUT2D eigenvalue weighted by atomic mass is 32.2. The SMILES string of the molecule is CC(NC1=NCCCS1)c1nncn1C. The van der Waals surface area contributed by atoms with Gasteiger partial charge in [-0.25, -0.2) is 0 Å². The molecule has 0 bridgehead atoms. The molecule has 0 amide bonds. The highest BCUT2D eigenvalue weighted by Gasteiger charge is 2.14. The summed E-state index contributed by atoms with van der Waals surface area (Å²) < 4.78 is 1.92. The standard InChI is InChI=1S/C9H15N5S/c1-7(8-13-11-6-14(8)2)12-9-10-4-3-5-15-9/h6-7H,3-5H2,1-2H3,(H,10,12). The van der Waals surface area contributed by atoms with Crippen LogP contribution in [0.25, 0.3) is 0 Å². The highest BCUT2D eigenvalue weighted by Crippen LogP contribution is 2.14. The molecule has 82 valence electrons. The van der Waals surface area contributed by atoms with Crippen LogP contribution in [0.2, 0.25) is 0 Å². The summed E-state index contributed by atoms with van der Waals surface area (Å²) in [5.41, 5.74) is 0. The van der Waals surface area contributed by atoms with E-state index in [1.54, 1.807) is 18.1 Å². The molecule has 1 aliphatic heterocycles. The molecule has 0 aromatic carbocycles. The van der Waals surface area contributed by atoms with Crippen LogP contribution in [0.3, 0.4) is 0 Å². The van der Waals surface area contributed by atoms with Crippen molar-refractivity contribution in [2.75, 3.05) is 12.3 Å². The molecule has 1 unspecified atom stereocenters. The van der Waals surface area contributed by atoms with Crippen molar-refractivity contribution in [1.29, 1.82) is 0 Å². The van der Waals surface area contributed by atoms with Gasteiger partial charge in [-0.05, 0) is 13.3 Å². The number of hydrogen-bond donors (Lipinski definition) is 1. The Labute approximate surface area is 93.4 Å². The van der Waals surface area contributed by atoms with Gasteiger partial charge in [-0.15, -0.1) is 10.2 Å². The van der Waals surface area contributed by atoms with Crippen molar-refractivity contribution in [1.82, 2.24) is 20.1 Å². The van der Waals surface area contributed by atoms with Crippen LogP contribution in [0, 0.1) is 0 Å². The minimum atomic E-state index is 0.154. The van der Waals surface area contributed by atoms with E-state index in [2.05, 4.69) is 27.4 Å². The molecule has 0 saturated carbocycles. The number of hydrogen-bond acceptors (Lipinski definition) is 5. The maximum Gasteiger partial charge on any atom is 0.157 e. The van der Waals surface area contributed by atoms with Gasteiger partial charge in [0.25, 0.3) is 0 Å². The Morgan fingerprint density at radius 1 is 1.60 bits per heavy atom. The lowest BCUT2D eigenvalue weighted by molar-refractivity contribution is 0.627. The third-order valence-corrected chi connectivity index (χ3v) is 3.28. The molecule has 5 nitrogen and oxygen atoms in total. The van der Waals surface area contributed by atoms with E-state index >= 15 is 0 Å². The molecule has 0 saturated heterocycles. The van der Waals surface area contributed by atoms with Crippen molar-refractivity contribution in [3.05, 3.63) is 12.2 Å². The predicted molar refractivity (Wildman–Crippen MR) is 61.9 cm³/mol. The average molecular weight is 225 g/mol. The first-order valence-corrected chi connectivity index (χ1v) is 6.03. The molecule has 2 rings (SSSR count). The number of thioether (sulfide) groups is 1. The first-order valence-electron chi connectivity index (χ1n) is 5.05. The first-order chi connectivity index (χ1) is 7.27. The third-order valence-electron chi connectivity index (χ3n) is 2.27. The Morgan fingerprint density at radius 2 is 2.47 bits per heavy atom. The summed E-state index contributed by atoms with van der Waals surface area (Å²) in [6, 6.07) is 0.154. The van der Waals surface area contributed by atoms with Gasteiger partial charge in [0.2, 0.25) is 0 Å². The summed E-state index contributed by atoms with van der Waals surface area (Å²) in [6.45, 7) is 3.00. The van der Waals surface area contributed by atoms with Gasteiger partial charge in [-0.2, -0.15) is 0 Å². The number of aliphatic imine (C=N–C) groups is 1. The summed E-state index contributed by atoms with van der Waals surface area (Å²) in [5.74, 6) is 2.08. The largest absolute Gasteiger partial charge is 0.355 e. The maximum absolute atomic E-state index is 4.42. The monoisotopic (exact) mass is 225 g/mol. The fourth-order valence-electron chi connectivity index (χ4n) is 1.48. The van der Waals surface area contributed by atoms with E-state index in [-0.39, 0.29) is 6.04 Å². The van der Waals surface area contributed by atoms with Gasteiger partial charge in [0, 0.05) is 19.3 Å². The molecule has 15 heavy (non-hydrogen) atoms. The number of nitrogens with one attached hydrogen (secondary N) is 1. The van der Waals surface area contributed by atoms with Gasteiger partial charge in [-0.3, -0.25) is 4.99 Å². The van der Waals surface area contributed by atoms with E-state index in [0.717, 1.165) is 23.3 Å². The van der Waals surface area contributed by atoms with Gasteiger partial charge >= 0.3 is 0 Å². The molecular formula is C9H15N5S. The second-order valence-electron chi connectivity index (χ2n) is 3.55. The Balaban J connectivity index is 2.00. The van der Waals surface area contributed by atoms with Crippen LogP contribution in [-0.4, -0.2) is 32.2 Å². The van der Waals surface area contributed by atoms with E-state index in [1.165, 1.54) is 6.42 Å². The molecule has 1 aliphatic rings. The molecule has 2 heterocycles. The van der Waals surface area contributed by atoms with Crippen molar-refractivity contribution in [3.8, 4) is 0 Å². The molecule has 6 heteroatoms. The summed E-state index contributed by atoms with van der Waals surface area (Å²) >= 11 is 1.78. The summed E-state index contributed by atoms with van der Waals surface area (Å²) in [6.07, 6.45) is 2.89. The average Bonchev–Trinajstić information content (AvgIpc) is 2.66. The van der Waals surface area contributed by atoms with Crippen molar-refractivity contribution in [3.63, 3.8) is 0 Å². The minimum absolute atomic E-state index is 0.154. The van der Waals surface area contributed by atoms with Gasteiger partial charge in [0.15, 0.2) is 11.0 Å². The van der Waals surface area contributed by atoms with E-state index in [9.17, 15) is 0 Å². The highest BCUT2D eigenvalue weighted by molar-refractivity contribution is 8.13. The van der Waals surface area contributed by atoms with Crippen LogP contribution in [0.1, 0.15) is 25.2 Å². The number of aromatic nitrogens is 3. The van der Waals surface area contributed by atoms with Crippen LogP contribution in [-0.2, 0) is 7.05 Å². The lowest BCUT2D eigenvalue weighted by Gasteiger charge is -2.17. The van der Waals surface area contributed by atoms with Crippen LogP contribution < -0.4 is 5.32 Å². The molecular weight excluding hydrogens is 210 g/mol. The van der Waals surface area contributed by atoms with Crippen LogP contribution in [0.5, 0.6) is 0 Å². The molecule has 1 atom stereocenters. The van der Waals surface area contributed by atoms with Gasteiger partial charge in [-0.1, -0.05) is 11.8 Å². The third kappa shape index (κ3) is 2.50. The zero-order valence-electron chi connectivity index (χ0n) is 8.97. The quantitative estimate of drug-likeness (QED) is 0.814. The summed E-state index contributed by atoms with van der Waals surface area (Å²) in [7, 11) is 1.95. The molecule has 0 spiro atoms. The molecule has 0 aliphatic carbocycles. The second-order valence-corrected chi connectivity index (χ2v) is 4.64. The maximum atomic E-state index is 4.42. The van der Waals surface area contributed by atoms with E-state index < -0.39 is 0 Å². The Bertz CT molecular complexity index is 359. The number of aryl methyl sites for hydroxylation is 1. The first kappa shape index (κ1) is 10.5. The summed E-state index contributed by atoms with van der Waals surface area (Å²) in [4.78, 5) is 4.42. The summed E-state index contributed by atoms with van der Waals surface area (Å²) in [5, 5.41) is 12.3. The van der Waals surface area contributed by atoms with Crippen molar-refractivity contribution in [2.24, 2.45) is 12.0 Å². The minimum Gasteiger partial charge on any atom is -0.355 e. The van der Waals surface area contributed by atoms with Crippen LogP contribution >= 0.6 is 11.8 Å². The molecule has 1 aromatic heterocycles. The zero-order chi connectivity index (χ0) is 10.7. The van der Waals surface area contributed by atoms with Gasteiger partial charge in [0.1, 0.15) is 6.33 Å². The van der Waals surface area contributed by atoms with Crippen LogP contribution in [0.15, 0.2) is 11.3 Å². The number of rotatable bonds is 2. The zero-order valence-corrected chi connectivity index (χ0v) is 9.79. The Hall–Kier alpha value is -1.04. The number of nitrogens with zero attached hydrogens (tertiary/aromatic N) is 4. The second kappa shape index (κ2) is 4.65. The van der Waals surface area contributed by atoms with E-state index in [4.69, 9.17) is 0 Å². The Morgan fingerprint density at radius 3 is 3.07 bits per heavy atom. The predicted octanol–water partition coefficient (Wildman–Crippen LogP) is 0.959. The van der Waals surface area contributed by atoms with Gasteiger partial charge in [0.05, 0.1) is 6.04 Å². The van der Waals surface area contributed by atoms with Crippen molar-refractivity contribution < 1.29 is 0 Å². The molecule has 0 radical (unpaired) electrons. The van der Waals surface area contributed by atoms with Crippen LogP contribution in [0.4, 0.5) is 0 Å². The lowest BCUT2D eigenvalue weighted by atomic mass is 10.3. The van der Waals surface area contributed by atoms with Crippen molar-refractivity contribution >= 4 is 16.9 Å². The topological polar surface area (TPSA) is 55.1 Å². The van der Waals surface area contributed by atoms with E-state index in [1.807, 2.05) is 11.6 Å². The number of amidine groups is 1. The molecule has 1 aromatic rings. The fourth-order valence-corrected chi connectivity index (χ4v) is 2.39. The van der Waals surface area contributed by atoms with Crippen molar-refractivity contribution in [2.45, 2.75) is 19.4 Å². The Kier molecular flexibility index (Phi) is 3.25. The normalized spacial score (nSPS) is 18.4. The van der Waals surface area contributed by atoms with E-state index in [0.29, 0.717) is 0 Å². The molecule has 0 fully saturated rings. The smallest absolute Gasteiger partial charge is 0.157 e. The molecule has 1 N–H and O–H groups in total. The lowest BCUT2D eigenvalue weighted by Crippen LogP contribution is -2.28.